The zero-order valence-corrected chi connectivity index (χ0v) is 9.11. The van der Waals surface area contributed by atoms with Crippen LogP contribution >= 0.6 is 0 Å². The molecule has 5 nitrogen and oxygen atoms in total. The van der Waals surface area contributed by atoms with Gasteiger partial charge in [0.2, 0.25) is 17.3 Å². The van der Waals surface area contributed by atoms with Crippen LogP contribution in [0.2, 0.25) is 0 Å². The summed E-state index contributed by atoms with van der Waals surface area (Å²) in [6, 6.07) is 2.68. The number of carboxylic acids is 1. The number of ether oxygens (including phenoxy) is 2. The number of furan rings is 1. The second kappa shape index (κ2) is 3.97. The number of carbonyl (C=O) groups is 1. The summed E-state index contributed by atoms with van der Waals surface area (Å²) in [4.78, 5) is 10.7. The minimum absolute atomic E-state index is 0.119. The monoisotopic (exact) mass is 240 g/mol. The molecule has 2 aromatic rings. The minimum Gasteiger partial charge on any atom is -0.493 e. The first-order valence-corrected chi connectivity index (χ1v) is 4.65. The summed E-state index contributed by atoms with van der Waals surface area (Å²) in [7, 11) is 2.65. The van der Waals surface area contributed by atoms with E-state index in [-0.39, 0.29) is 22.8 Å². The van der Waals surface area contributed by atoms with Crippen molar-refractivity contribution in [3.05, 3.63) is 23.7 Å². The van der Waals surface area contributed by atoms with Gasteiger partial charge in [-0.1, -0.05) is 0 Å². The first kappa shape index (κ1) is 11.3. The molecule has 0 bridgehead atoms. The van der Waals surface area contributed by atoms with E-state index in [1.807, 2.05) is 0 Å². The maximum atomic E-state index is 13.9. The van der Waals surface area contributed by atoms with Crippen molar-refractivity contribution in [2.24, 2.45) is 0 Å². The summed E-state index contributed by atoms with van der Waals surface area (Å²) in [5, 5.41) is 9.05. The summed E-state index contributed by atoms with van der Waals surface area (Å²) in [5.74, 6) is -2.33. The van der Waals surface area contributed by atoms with Gasteiger partial charge in [0.25, 0.3) is 0 Å². The molecular formula is C11H9FO5. The highest BCUT2D eigenvalue weighted by Gasteiger charge is 2.20. The van der Waals surface area contributed by atoms with E-state index in [0.29, 0.717) is 5.39 Å². The lowest BCUT2D eigenvalue weighted by atomic mass is 10.2. The van der Waals surface area contributed by atoms with Gasteiger partial charge < -0.3 is 19.0 Å². The lowest BCUT2D eigenvalue weighted by Gasteiger charge is -2.07. The molecule has 2 rings (SSSR count). The Hall–Kier alpha value is -2.24. The van der Waals surface area contributed by atoms with Crippen LogP contribution in [-0.4, -0.2) is 25.3 Å². The second-order valence-corrected chi connectivity index (χ2v) is 3.26. The molecule has 0 spiro atoms. The Morgan fingerprint density at radius 1 is 1.35 bits per heavy atom. The SMILES string of the molecule is COc1cc2cc(C(=O)O)oc2c(F)c1OC. The van der Waals surface area contributed by atoms with Crippen molar-refractivity contribution >= 4 is 16.9 Å². The van der Waals surface area contributed by atoms with E-state index in [4.69, 9.17) is 19.0 Å². The Morgan fingerprint density at radius 2 is 2.06 bits per heavy atom. The van der Waals surface area contributed by atoms with Crippen molar-refractivity contribution in [3.8, 4) is 11.5 Å². The molecule has 1 aromatic carbocycles. The summed E-state index contributed by atoms with van der Waals surface area (Å²) < 4.78 is 28.6. The highest BCUT2D eigenvalue weighted by atomic mass is 19.1. The molecule has 0 aliphatic rings. The number of hydrogen-bond donors (Lipinski definition) is 1. The van der Waals surface area contributed by atoms with Crippen molar-refractivity contribution in [1.82, 2.24) is 0 Å². The lowest BCUT2D eigenvalue weighted by Crippen LogP contribution is -1.93. The molecule has 0 unspecified atom stereocenters. The highest BCUT2D eigenvalue weighted by molar-refractivity contribution is 5.92. The summed E-state index contributed by atoms with van der Waals surface area (Å²) >= 11 is 0. The van der Waals surface area contributed by atoms with E-state index < -0.39 is 11.8 Å². The number of halogens is 1. The van der Waals surface area contributed by atoms with Crippen molar-refractivity contribution in [2.45, 2.75) is 0 Å². The van der Waals surface area contributed by atoms with E-state index in [9.17, 15) is 9.18 Å². The Morgan fingerprint density at radius 3 is 2.59 bits per heavy atom. The average Bonchev–Trinajstić information content (AvgIpc) is 2.73. The van der Waals surface area contributed by atoms with Gasteiger partial charge in [-0.2, -0.15) is 4.39 Å². The van der Waals surface area contributed by atoms with Gasteiger partial charge in [-0.25, -0.2) is 4.79 Å². The maximum absolute atomic E-state index is 13.9. The van der Waals surface area contributed by atoms with Crippen LogP contribution in [0.25, 0.3) is 11.0 Å². The molecule has 0 aliphatic heterocycles. The molecular weight excluding hydrogens is 231 g/mol. The fraction of sp³-hybridized carbons (Fsp3) is 0.182. The van der Waals surface area contributed by atoms with E-state index >= 15 is 0 Å². The van der Waals surface area contributed by atoms with Crippen LogP contribution in [0.15, 0.2) is 16.5 Å². The summed E-state index contributed by atoms with van der Waals surface area (Å²) in [5.41, 5.74) is -0.167. The lowest BCUT2D eigenvalue weighted by molar-refractivity contribution is 0.0664. The smallest absolute Gasteiger partial charge is 0.371 e. The molecule has 90 valence electrons. The number of methoxy groups -OCH3 is 2. The summed E-state index contributed by atoms with van der Waals surface area (Å²) in [6.07, 6.45) is 0. The number of fused-ring (bicyclic) bond motifs is 1. The summed E-state index contributed by atoms with van der Waals surface area (Å²) in [6.45, 7) is 0. The highest BCUT2D eigenvalue weighted by Crippen LogP contribution is 2.37. The van der Waals surface area contributed by atoms with Crippen LogP contribution < -0.4 is 9.47 Å². The third-order valence-corrected chi connectivity index (χ3v) is 2.30. The molecule has 0 atom stereocenters. The molecule has 0 fully saturated rings. The van der Waals surface area contributed by atoms with Crippen molar-refractivity contribution in [1.29, 1.82) is 0 Å². The molecule has 1 N–H and O–H groups in total. The number of benzene rings is 1. The van der Waals surface area contributed by atoms with Gasteiger partial charge in [-0.3, -0.25) is 0 Å². The van der Waals surface area contributed by atoms with Crippen molar-refractivity contribution < 1.29 is 28.2 Å². The first-order chi connectivity index (χ1) is 8.08. The minimum atomic E-state index is -1.27. The van der Waals surface area contributed by atoms with E-state index in [0.717, 1.165) is 0 Å². The van der Waals surface area contributed by atoms with Gasteiger partial charge in [0, 0.05) is 5.39 Å². The molecule has 0 aliphatic carbocycles. The van der Waals surface area contributed by atoms with E-state index in [1.54, 1.807) is 0 Å². The topological polar surface area (TPSA) is 68.9 Å². The fourth-order valence-corrected chi connectivity index (χ4v) is 1.55. The third-order valence-electron chi connectivity index (χ3n) is 2.30. The molecule has 0 radical (unpaired) electrons. The Bertz CT molecular complexity index is 587. The van der Waals surface area contributed by atoms with Crippen LogP contribution in [0.5, 0.6) is 11.5 Å². The Labute approximate surface area is 95.4 Å². The van der Waals surface area contributed by atoms with Gasteiger partial charge in [-0.15, -0.1) is 0 Å². The number of rotatable bonds is 3. The molecule has 0 saturated heterocycles. The fourth-order valence-electron chi connectivity index (χ4n) is 1.55. The number of carboxylic acid groups (broad SMARTS) is 1. The van der Waals surface area contributed by atoms with E-state index in [2.05, 4.69) is 0 Å². The zero-order chi connectivity index (χ0) is 12.6. The van der Waals surface area contributed by atoms with Crippen LogP contribution in [-0.2, 0) is 0 Å². The van der Waals surface area contributed by atoms with Crippen LogP contribution in [0, 0.1) is 5.82 Å². The predicted molar refractivity (Wildman–Crippen MR) is 56.2 cm³/mol. The van der Waals surface area contributed by atoms with Crippen molar-refractivity contribution in [3.63, 3.8) is 0 Å². The standard InChI is InChI=1S/C11H9FO5/c1-15-6-3-5-4-7(11(13)14)17-9(5)8(12)10(6)16-2/h3-4H,1-2H3,(H,13,14). The quantitative estimate of drug-likeness (QED) is 0.891. The number of aromatic carboxylic acids is 1. The van der Waals surface area contributed by atoms with Gasteiger partial charge >= 0.3 is 5.97 Å². The second-order valence-electron chi connectivity index (χ2n) is 3.26. The molecule has 0 saturated carbocycles. The van der Waals surface area contributed by atoms with Crippen LogP contribution in [0.3, 0.4) is 0 Å². The maximum Gasteiger partial charge on any atom is 0.371 e. The van der Waals surface area contributed by atoms with Crippen LogP contribution in [0.1, 0.15) is 10.6 Å². The molecule has 1 heterocycles. The normalized spacial score (nSPS) is 10.5. The third kappa shape index (κ3) is 1.67. The first-order valence-electron chi connectivity index (χ1n) is 4.65. The Balaban J connectivity index is 2.76. The van der Waals surface area contributed by atoms with Gasteiger partial charge in [0.1, 0.15) is 0 Å². The molecule has 1 aromatic heterocycles. The molecule has 17 heavy (non-hydrogen) atoms. The largest absolute Gasteiger partial charge is 0.493 e. The van der Waals surface area contributed by atoms with Gasteiger partial charge in [0.05, 0.1) is 14.2 Å². The van der Waals surface area contributed by atoms with E-state index in [1.165, 1.54) is 26.4 Å². The predicted octanol–water partition coefficient (Wildman–Crippen LogP) is 2.29. The van der Waals surface area contributed by atoms with Gasteiger partial charge in [-0.05, 0) is 12.1 Å². The molecule has 0 amide bonds. The zero-order valence-electron chi connectivity index (χ0n) is 9.11. The van der Waals surface area contributed by atoms with Gasteiger partial charge in [0.15, 0.2) is 11.3 Å². The number of hydrogen-bond acceptors (Lipinski definition) is 4. The van der Waals surface area contributed by atoms with Crippen molar-refractivity contribution in [2.75, 3.05) is 14.2 Å². The van der Waals surface area contributed by atoms with Crippen LogP contribution in [0.4, 0.5) is 4.39 Å². The Kier molecular flexibility index (Phi) is 2.63. The average molecular weight is 240 g/mol. The molecule has 6 heteroatoms.